The first-order chi connectivity index (χ1) is 10.1. The van der Waals surface area contributed by atoms with Crippen LogP contribution in [0.1, 0.15) is 38.2 Å². The minimum atomic E-state index is 0.0803. The summed E-state index contributed by atoms with van der Waals surface area (Å²) in [6.07, 6.45) is 5.75. The number of ether oxygens (including phenoxy) is 1. The van der Waals surface area contributed by atoms with Crippen LogP contribution in [0.5, 0.6) is 5.75 Å². The van der Waals surface area contributed by atoms with Crippen LogP contribution in [-0.2, 0) is 6.42 Å². The molecule has 2 unspecified atom stereocenters. The van der Waals surface area contributed by atoms with Crippen LogP contribution in [0.2, 0.25) is 5.02 Å². The van der Waals surface area contributed by atoms with Crippen molar-refractivity contribution in [3.63, 3.8) is 0 Å². The van der Waals surface area contributed by atoms with E-state index in [4.69, 9.17) is 22.1 Å². The molecule has 0 bridgehead atoms. The molecule has 0 radical (unpaired) electrons. The molecule has 4 heteroatoms. The van der Waals surface area contributed by atoms with Gasteiger partial charge >= 0.3 is 0 Å². The van der Waals surface area contributed by atoms with Crippen LogP contribution in [0.15, 0.2) is 18.2 Å². The van der Waals surface area contributed by atoms with Crippen molar-refractivity contribution in [1.82, 2.24) is 4.90 Å². The molecule has 1 aliphatic heterocycles. The van der Waals surface area contributed by atoms with E-state index in [0.717, 1.165) is 35.8 Å². The number of rotatable bonds is 6. The van der Waals surface area contributed by atoms with E-state index >= 15 is 0 Å². The van der Waals surface area contributed by atoms with E-state index in [1.165, 1.54) is 25.8 Å². The summed E-state index contributed by atoms with van der Waals surface area (Å²) in [4.78, 5) is 2.45. The molecule has 2 N–H and O–H groups in total. The van der Waals surface area contributed by atoms with Crippen molar-refractivity contribution in [3.05, 3.63) is 28.8 Å². The fraction of sp³-hybridized carbons (Fsp3) is 0.647. The average Bonchev–Trinajstić information content (AvgIpc) is 2.44. The van der Waals surface area contributed by atoms with Crippen LogP contribution in [0.4, 0.5) is 0 Å². The van der Waals surface area contributed by atoms with Crippen LogP contribution in [0.25, 0.3) is 0 Å². The molecule has 0 aromatic heterocycles. The van der Waals surface area contributed by atoms with Crippen molar-refractivity contribution in [3.8, 4) is 5.75 Å². The Balaban J connectivity index is 1.92. The lowest BCUT2D eigenvalue weighted by Crippen LogP contribution is -2.37. The van der Waals surface area contributed by atoms with E-state index in [2.05, 4.69) is 11.9 Å². The third-order valence-corrected chi connectivity index (χ3v) is 4.59. The topological polar surface area (TPSA) is 38.5 Å². The quantitative estimate of drug-likeness (QED) is 0.874. The minimum Gasteiger partial charge on any atom is -0.493 e. The summed E-state index contributed by atoms with van der Waals surface area (Å²) >= 11 is 6.28. The summed E-state index contributed by atoms with van der Waals surface area (Å²) in [5.74, 6) is 0.887. The summed E-state index contributed by atoms with van der Waals surface area (Å²) in [5, 5.41) is 0.750. The van der Waals surface area contributed by atoms with E-state index < -0.39 is 0 Å². The summed E-state index contributed by atoms with van der Waals surface area (Å²) in [5.41, 5.74) is 6.94. The first-order valence-electron chi connectivity index (χ1n) is 7.94. The van der Waals surface area contributed by atoms with Gasteiger partial charge < -0.3 is 15.4 Å². The number of nitrogens with two attached hydrogens (primary N) is 1. The minimum absolute atomic E-state index is 0.0803. The standard InChI is InChI=1S/C17H27ClN2O/c1-13(19)12-15-16(18)7-5-8-17(15)21-11-9-14-6-3-4-10-20(14)2/h5,7-8,13-14H,3-4,6,9-12,19H2,1-2H3. The van der Waals surface area contributed by atoms with Gasteiger partial charge in [0.1, 0.15) is 5.75 Å². The molecule has 0 spiro atoms. The molecule has 1 aromatic rings. The van der Waals surface area contributed by atoms with Crippen LogP contribution < -0.4 is 10.5 Å². The summed E-state index contributed by atoms with van der Waals surface area (Å²) in [6, 6.07) is 6.57. The number of halogens is 1. The summed E-state index contributed by atoms with van der Waals surface area (Å²) in [7, 11) is 2.21. The van der Waals surface area contributed by atoms with E-state index in [1.807, 2.05) is 25.1 Å². The number of hydrogen-bond acceptors (Lipinski definition) is 3. The second-order valence-corrected chi connectivity index (χ2v) is 6.57. The van der Waals surface area contributed by atoms with Gasteiger partial charge in [0.05, 0.1) is 6.61 Å². The molecule has 2 rings (SSSR count). The predicted molar refractivity (Wildman–Crippen MR) is 89.2 cm³/mol. The maximum Gasteiger partial charge on any atom is 0.124 e. The third-order valence-electron chi connectivity index (χ3n) is 4.23. The maximum absolute atomic E-state index is 6.28. The molecule has 1 heterocycles. The molecule has 0 amide bonds. The number of hydrogen-bond donors (Lipinski definition) is 1. The van der Waals surface area contributed by atoms with Gasteiger partial charge in [0, 0.05) is 22.7 Å². The van der Waals surface area contributed by atoms with Crippen LogP contribution in [0, 0.1) is 0 Å². The zero-order valence-electron chi connectivity index (χ0n) is 13.1. The van der Waals surface area contributed by atoms with Gasteiger partial charge in [-0.3, -0.25) is 0 Å². The van der Waals surface area contributed by atoms with Crippen molar-refractivity contribution in [2.45, 2.75) is 51.1 Å². The SMILES string of the molecule is CC(N)Cc1c(Cl)cccc1OCCC1CCCCN1C. The maximum atomic E-state index is 6.28. The number of benzene rings is 1. The Hall–Kier alpha value is -0.770. The highest BCUT2D eigenvalue weighted by Crippen LogP contribution is 2.28. The highest BCUT2D eigenvalue weighted by molar-refractivity contribution is 6.31. The van der Waals surface area contributed by atoms with Gasteiger partial charge in [-0.25, -0.2) is 0 Å². The Kier molecular flexibility index (Phi) is 6.34. The highest BCUT2D eigenvalue weighted by atomic mass is 35.5. The number of likely N-dealkylation sites (tertiary alicyclic amines) is 1. The van der Waals surface area contributed by atoms with E-state index in [-0.39, 0.29) is 6.04 Å². The smallest absolute Gasteiger partial charge is 0.124 e. The molecule has 3 nitrogen and oxygen atoms in total. The summed E-state index contributed by atoms with van der Waals surface area (Å²) in [6.45, 7) is 3.93. The van der Waals surface area contributed by atoms with Gasteiger partial charge in [-0.15, -0.1) is 0 Å². The van der Waals surface area contributed by atoms with E-state index in [0.29, 0.717) is 6.04 Å². The Morgan fingerprint density at radius 3 is 2.95 bits per heavy atom. The third kappa shape index (κ3) is 4.87. The second kappa shape index (κ2) is 8.02. The van der Waals surface area contributed by atoms with Gasteiger partial charge in [-0.2, -0.15) is 0 Å². The van der Waals surface area contributed by atoms with Gasteiger partial charge in [0.2, 0.25) is 0 Å². The molecule has 0 aliphatic carbocycles. The van der Waals surface area contributed by atoms with Crippen LogP contribution in [-0.4, -0.2) is 37.2 Å². The zero-order chi connectivity index (χ0) is 15.2. The molecule has 21 heavy (non-hydrogen) atoms. The van der Waals surface area contributed by atoms with E-state index in [1.54, 1.807) is 0 Å². The van der Waals surface area contributed by atoms with Gasteiger partial charge in [-0.1, -0.05) is 24.1 Å². The van der Waals surface area contributed by atoms with Crippen molar-refractivity contribution in [1.29, 1.82) is 0 Å². The Morgan fingerprint density at radius 2 is 2.24 bits per heavy atom. The largest absolute Gasteiger partial charge is 0.493 e. The first-order valence-corrected chi connectivity index (χ1v) is 8.31. The molecular formula is C17H27ClN2O. The molecular weight excluding hydrogens is 284 g/mol. The first kappa shape index (κ1) is 16.6. The fourth-order valence-electron chi connectivity index (χ4n) is 3.01. The Labute approximate surface area is 133 Å². The molecule has 1 aromatic carbocycles. The molecule has 0 saturated carbocycles. The van der Waals surface area contributed by atoms with Gasteiger partial charge in [0.15, 0.2) is 0 Å². The molecule has 1 fully saturated rings. The van der Waals surface area contributed by atoms with Crippen molar-refractivity contribution in [2.75, 3.05) is 20.2 Å². The van der Waals surface area contributed by atoms with Crippen molar-refractivity contribution in [2.24, 2.45) is 5.73 Å². The van der Waals surface area contributed by atoms with Crippen molar-refractivity contribution >= 4 is 11.6 Å². The molecule has 2 atom stereocenters. The van der Waals surface area contributed by atoms with Crippen molar-refractivity contribution < 1.29 is 4.74 Å². The normalized spacial score (nSPS) is 21.2. The van der Waals surface area contributed by atoms with Gasteiger partial charge in [0.25, 0.3) is 0 Å². The highest BCUT2D eigenvalue weighted by Gasteiger charge is 2.19. The Bertz CT molecular complexity index is 450. The average molecular weight is 311 g/mol. The number of piperidine rings is 1. The lowest BCUT2D eigenvalue weighted by molar-refractivity contribution is 0.153. The molecule has 118 valence electrons. The van der Waals surface area contributed by atoms with E-state index in [9.17, 15) is 0 Å². The summed E-state index contributed by atoms with van der Waals surface area (Å²) < 4.78 is 6.00. The van der Waals surface area contributed by atoms with Crippen LogP contribution in [0.3, 0.4) is 0 Å². The lowest BCUT2D eigenvalue weighted by Gasteiger charge is -2.32. The van der Waals surface area contributed by atoms with Gasteiger partial charge in [-0.05, 0) is 58.3 Å². The monoisotopic (exact) mass is 310 g/mol. The lowest BCUT2D eigenvalue weighted by atomic mass is 10.0. The Morgan fingerprint density at radius 1 is 1.43 bits per heavy atom. The number of nitrogens with zero attached hydrogens (tertiary/aromatic N) is 1. The van der Waals surface area contributed by atoms with Crippen LogP contribution >= 0.6 is 11.6 Å². The molecule has 1 aliphatic rings. The second-order valence-electron chi connectivity index (χ2n) is 6.17. The predicted octanol–water partition coefficient (Wildman–Crippen LogP) is 3.48. The zero-order valence-corrected chi connectivity index (χ0v) is 13.9. The molecule has 1 saturated heterocycles. The fourth-order valence-corrected chi connectivity index (χ4v) is 3.25.